The van der Waals surface area contributed by atoms with E-state index in [4.69, 9.17) is 4.74 Å². The Bertz CT molecular complexity index is 264. The summed E-state index contributed by atoms with van der Waals surface area (Å²) in [7, 11) is 0. The van der Waals surface area contributed by atoms with Crippen molar-refractivity contribution < 1.29 is 9.53 Å². The monoisotopic (exact) mass is 240 g/mol. The van der Waals surface area contributed by atoms with Crippen LogP contribution in [-0.4, -0.2) is 53.7 Å². The first kappa shape index (κ1) is 12.7. The van der Waals surface area contributed by atoms with Crippen molar-refractivity contribution in [2.45, 2.75) is 51.7 Å². The third-order valence-electron chi connectivity index (χ3n) is 3.52. The molecule has 0 spiro atoms. The summed E-state index contributed by atoms with van der Waals surface area (Å²) in [5.41, 5.74) is -0.354. The molecule has 3 rings (SSSR count). The fourth-order valence-electron chi connectivity index (χ4n) is 2.07. The third-order valence-corrected chi connectivity index (χ3v) is 3.52. The molecule has 0 aromatic heterocycles. The van der Waals surface area contributed by atoms with Crippen LogP contribution >= 0.6 is 0 Å². The van der Waals surface area contributed by atoms with Crippen LogP contribution in [0.4, 0.5) is 4.79 Å². The number of carbonyl (C=O) groups excluding carboxylic acids is 1. The highest BCUT2D eigenvalue weighted by Crippen LogP contribution is 2.28. The molecule has 0 aromatic carbocycles. The largest absolute Gasteiger partial charge is 0.444 e. The maximum Gasteiger partial charge on any atom is 0.410 e. The van der Waals surface area contributed by atoms with Crippen LogP contribution in [0.25, 0.3) is 0 Å². The Kier molecular flexibility index (Phi) is 3.61. The van der Waals surface area contributed by atoms with Gasteiger partial charge in [-0.2, -0.15) is 0 Å². The number of fused-ring (bicyclic) bond motifs is 1. The van der Waals surface area contributed by atoms with Crippen molar-refractivity contribution >= 4 is 6.09 Å². The minimum absolute atomic E-state index is 0.177. The number of amides is 1. The van der Waals surface area contributed by atoms with Crippen LogP contribution in [0.5, 0.6) is 0 Å². The number of hydrogen-bond acceptors (Lipinski definition) is 3. The molecule has 98 valence electrons. The van der Waals surface area contributed by atoms with E-state index >= 15 is 0 Å². The number of rotatable bonds is 0. The van der Waals surface area contributed by atoms with E-state index in [0.717, 1.165) is 25.6 Å². The van der Waals surface area contributed by atoms with Gasteiger partial charge in [-0.1, -0.05) is 0 Å². The van der Waals surface area contributed by atoms with Crippen molar-refractivity contribution in [1.82, 2.24) is 9.80 Å². The number of likely N-dealkylation sites (tertiary alicyclic amines) is 1. The van der Waals surface area contributed by atoms with E-state index in [9.17, 15) is 4.79 Å². The normalized spacial score (nSPS) is 23.4. The van der Waals surface area contributed by atoms with E-state index in [1.807, 2.05) is 20.8 Å². The van der Waals surface area contributed by atoms with E-state index in [0.29, 0.717) is 0 Å². The topological polar surface area (TPSA) is 32.8 Å². The van der Waals surface area contributed by atoms with Gasteiger partial charge in [0, 0.05) is 19.1 Å². The number of ether oxygens (including phenoxy) is 1. The Morgan fingerprint density at radius 1 is 1.12 bits per heavy atom. The van der Waals surface area contributed by atoms with Crippen LogP contribution in [0.15, 0.2) is 0 Å². The first-order chi connectivity index (χ1) is 7.96. The van der Waals surface area contributed by atoms with Gasteiger partial charge < -0.3 is 14.5 Å². The van der Waals surface area contributed by atoms with Crippen molar-refractivity contribution in [3.8, 4) is 0 Å². The molecule has 1 amide bonds. The zero-order valence-corrected chi connectivity index (χ0v) is 11.2. The van der Waals surface area contributed by atoms with Crippen LogP contribution < -0.4 is 0 Å². The van der Waals surface area contributed by atoms with Crippen molar-refractivity contribution in [1.29, 1.82) is 0 Å². The molecule has 3 heterocycles. The summed E-state index contributed by atoms with van der Waals surface area (Å²) in [5.74, 6) is 0. The highest BCUT2D eigenvalue weighted by atomic mass is 16.6. The fraction of sp³-hybridized carbons (Fsp3) is 0.923. The van der Waals surface area contributed by atoms with Crippen molar-refractivity contribution in [2.24, 2.45) is 0 Å². The second-order valence-corrected chi connectivity index (χ2v) is 6.09. The maximum absolute atomic E-state index is 11.1. The van der Waals surface area contributed by atoms with Crippen molar-refractivity contribution in [3.05, 3.63) is 0 Å². The summed E-state index contributed by atoms with van der Waals surface area (Å²) < 4.78 is 5.13. The fourth-order valence-corrected chi connectivity index (χ4v) is 2.07. The third kappa shape index (κ3) is 3.35. The summed E-state index contributed by atoms with van der Waals surface area (Å²) in [6.45, 7) is 10.1. The number of hydrogen-bond donors (Lipinski definition) is 0. The van der Waals surface area contributed by atoms with Crippen molar-refractivity contribution in [2.75, 3.05) is 26.2 Å². The molecule has 17 heavy (non-hydrogen) atoms. The predicted molar refractivity (Wildman–Crippen MR) is 67.0 cm³/mol. The first-order valence-corrected chi connectivity index (χ1v) is 6.68. The van der Waals surface area contributed by atoms with Gasteiger partial charge in [-0.25, -0.2) is 4.79 Å². The zero-order chi connectivity index (χ0) is 12.5. The molecule has 0 atom stereocenters. The van der Waals surface area contributed by atoms with Crippen LogP contribution in [-0.2, 0) is 4.74 Å². The molecule has 0 aliphatic carbocycles. The lowest BCUT2D eigenvalue weighted by Crippen LogP contribution is -2.57. The zero-order valence-electron chi connectivity index (χ0n) is 11.2. The van der Waals surface area contributed by atoms with E-state index in [-0.39, 0.29) is 11.7 Å². The van der Waals surface area contributed by atoms with Gasteiger partial charge in [0.05, 0.1) is 0 Å². The lowest BCUT2D eigenvalue weighted by molar-refractivity contribution is -0.00222. The lowest BCUT2D eigenvalue weighted by Gasteiger charge is -2.50. The SMILES string of the molecule is C1CN2CCC12.CC(C)(C)OC(=O)N1CCC1. The van der Waals surface area contributed by atoms with Crippen molar-refractivity contribution in [3.63, 3.8) is 0 Å². The van der Waals surface area contributed by atoms with Gasteiger partial charge in [-0.3, -0.25) is 0 Å². The standard InChI is InChI=1S/C8H15NO2.C5H9N/c1-8(2,3)11-7(10)9-5-4-6-9;1-3-6-4-2-5(1)6/h4-6H2,1-3H3;5H,1-4H2. The summed E-state index contributed by atoms with van der Waals surface area (Å²) in [6, 6.07) is 1.05. The Morgan fingerprint density at radius 2 is 1.65 bits per heavy atom. The number of piperidine rings is 1. The highest BCUT2D eigenvalue weighted by molar-refractivity contribution is 5.68. The second-order valence-electron chi connectivity index (χ2n) is 6.09. The van der Waals surface area contributed by atoms with Gasteiger partial charge in [-0.05, 0) is 53.1 Å². The average molecular weight is 240 g/mol. The van der Waals surface area contributed by atoms with Crippen LogP contribution in [0.1, 0.15) is 40.0 Å². The second kappa shape index (κ2) is 4.84. The Balaban J connectivity index is 0.000000148. The van der Waals surface area contributed by atoms with E-state index < -0.39 is 0 Å². The quantitative estimate of drug-likeness (QED) is 0.650. The van der Waals surface area contributed by atoms with Gasteiger partial charge in [0.15, 0.2) is 0 Å². The molecule has 0 bridgehead atoms. The molecule has 3 aliphatic rings. The van der Waals surface area contributed by atoms with E-state index in [1.165, 1.54) is 25.9 Å². The van der Waals surface area contributed by atoms with Gasteiger partial charge in [0.2, 0.25) is 0 Å². The van der Waals surface area contributed by atoms with Gasteiger partial charge in [0.1, 0.15) is 5.60 Å². The highest BCUT2D eigenvalue weighted by Gasteiger charge is 2.34. The van der Waals surface area contributed by atoms with Crippen LogP contribution in [0, 0.1) is 0 Å². The Morgan fingerprint density at radius 3 is 1.82 bits per heavy atom. The predicted octanol–water partition coefficient (Wildman–Crippen LogP) is 2.09. The molecule has 3 aliphatic heterocycles. The molecule has 0 radical (unpaired) electrons. The first-order valence-electron chi connectivity index (χ1n) is 6.68. The van der Waals surface area contributed by atoms with Gasteiger partial charge in [-0.15, -0.1) is 0 Å². The maximum atomic E-state index is 11.1. The molecule has 3 fully saturated rings. The van der Waals surface area contributed by atoms with Crippen LogP contribution in [0.3, 0.4) is 0 Å². The lowest BCUT2D eigenvalue weighted by atomic mass is 9.91. The summed E-state index contributed by atoms with van der Waals surface area (Å²) in [6.07, 6.45) is 3.91. The molecule has 0 N–H and O–H groups in total. The summed E-state index contributed by atoms with van der Waals surface area (Å²) >= 11 is 0. The molecular formula is C13H24N2O2. The molecule has 4 heteroatoms. The summed E-state index contributed by atoms with van der Waals surface area (Å²) in [5, 5.41) is 0. The minimum Gasteiger partial charge on any atom is -0.444 e. The Hall–Kier alpha value is -0.770. The molecule has 0 aromatic rings. The average Bonchev–Trinajstić information content (AvgIpc) is 2.06. The van der Waals surface area contributed by atoms with Gasteiger partial charge >= 0.3 is 6.09 Å². The molecule has 3 saturated heterocycles. The molecular weight excluding hydrogens is 216 g/mol. The smallest absolute Gasteiger partial charge is 0.410 e. The van der Waals surface area contributed by atoms with E-state index in [2.05, 4.69) is 4.90 Å². The Labute approximate surface area is 104 Å². The van der Waals surface area contributed by atoms with Crippen LogP contribution in [0.2, 0.25) is 0 Å². The molecule has 0 saturated carbocycles. The van der Waals surface area contributed by atoms with Gasteiger partial charge in [0.25, 0.3) is 0 Å². The summed E-state index contributed by atoms with van der Waals surface area (Å²) in [4.78, 5) is 15.4. The number of nitrogens with zero attached hydrogens (tertiary/aromatic N) is 2. The number of carbonyl (C=O) groups is 1. The van der Waals surface area contributed by atoms with E-state index in [1.54, 1.807) is 4.90 Å². The minimum atomic E-state index is -0.354. The molecule has 0 unspecified atom stereocenters. The molecule has 4 nitrogen and oxygen atoms in total.